The predicted molar refractivity (Wildman–Crippen MR) is 125 cm³/mol. The molecule has 0 saturated heterocycles. The lowest BCUT2D eigenvalue weighted by molar-refractivity contribution is -0.382. The maximum Gasteiger partial charge on any atom is 0.335 e. The van der Waals surface area contributed by atoms with E-state index in [0.29, 0.717) is 22.3 Å². The number of benzene rings is 3. The molecule has 10 nitrogen and oxygen atoms in total. The average molecular weight is 456 g/mol. The van der Waals surface area contributed by atoms with Crippen LogP contribution in [0, 0.1) is 10.1 Å². The van der Waals surface area contributed by atoms with E-state index in [1.807, 2.05) is 30.3 Å². The van der Waals surface area contributed by atoms with Crippen molar-refractivity contribution >= 4 is 33.6 Å². The van der Waals surface area contributed by atoms with Crippen LogP contribution < -0.4 is 10.3 Å². The third-order valence-corrected chi connectivity index (χ3v) is 5.53. The maximum atomic E-state index is 12.8. The van der Waals surface area contributed by atoms with Gasteiger partial charge in [-0.25, -0.2) is 9.78 Å². The largest absolute Gasteiger partial charge is 0.497 e. The number of aromatic nitrogens is 3. The number of methoxy groups -OCH3 is 1. The molecule has 0 amide bonds. The van der Waals surface area contributed by atoms with Gasteiger partial charge in [-0.15, -0.1) is 0 Å². The average Bonchev–Trinajstić information content (AvgIpc) is 3.22. The lowest BCUT2D eigenvalue weighted by Gasteiger charge is -2.07. The van der Waals surface area contributed by atoms with Crippen LogP contribution in [0.2, 0.25) is 0 Å². The number of rotatable bonds is 5. The van der Waals surface area contributed by atoms with Gasteiger partial charge in [0.1, 0.15) is 11.4 Å². The Morgan fingerprint density at radius 1 is 1.03 bits per heavy atom. The molecule has 3 aromatic carbocycles. The molecular formula is C24H16N4O6. The summed E-state index contributed by atoms with van der Waals surface area (Å²) < 4.78 is 5.28. The second kappa shape index (κ2) is 7.85. The highest BCUT2D eigenvalue weighted by molar-refractivity contribution is 6.01. The first kappa shape index (κ1) is 20.9. The Kier molecular flexibility index (Phi) is 4.82. The van der Waals surface area contributed by atoms with Gasteiger partial charge in [0.15, 0.2) is 5.69 Å². The third-order valence-electron chi connectivity index (χ3n) is 5.53. The van der Waals surface area contributed by atoms with Crippen LogP contribution in [-0.4, -0.2) is 38.1 Å². The van der Waals surface area contributed by atoms with Crippen LogP contribution in [0.5, 0.6) is 5.75 Å². The highest BCUT2D eigenvalue weighted by Gasteiger charge is 2.27. The number of H-pyrrole nitrogens is 2. The summed E-state index contributed by atoms with van der Waals surface area (Å²) in [6.07, 6.45) is 0. The van der Waals surface area contributed by atoms with Crippen molar-refractivity contribution in [3.8, 4) is 28.3 Å². The van der Waals surface area contributed by atoms with Gasteiger partial charge in [0, 0.05) is 0 Å². The van der Waals surface area contributed by atoms with Gasteiger partial charge in [-0.1, -0.05) is 18.2 Å². The van der Waals surface area contributed by atoms with Crippen LogP contribution in [0.4, 0.5) is 5.69 Å². The fourth-order valence-electron chi connectivity index (χ4n) is 3.91. The summed E-state index contributed by atoms with van der Waals surface area (Å²) in [5.41, 5.74) is 1.48. The molecule has 3 N–H and O–H groups in total. The molecule has 0 unspecified atom stereocenters. The van der Waals surface area contributed by atoms with Crippen LogP contribution in [0.3, 0.4) is 0 Å². The number of aromatic carboxylic acids is 1. The quantitative estimate of drug-likeness (QED) is 0.263. The lowest BCUT2D eigenvalue weighted by atomic mass is 10.0. The Morgan fingerprint density at radius 2 is 1.79 bits per heavy atom. The maximum absolute atomic E-state index is 12.8. The SMILES string of the molecule is COc1cccc(-c2ccc3[nH]c(=O)c(-c4[nH]c5ccc(C(=O)O)cc5c4[N+](=O)[O-])nc3c2)c1. The van der Waals surface area contributed by atoms with Gasteiger partial charge in [-0.3, -0.25) is 14.9 Å². The highest BCUT2D eigenvalue weighted by Crippen LogP contribution is 2.36. The number of nitrogens with one attached hydrogen (secondary N) is 2. The van der Waals surface area contributed by atoms with E-state index >= 15 is 0 Å². The smallest absolute Gasteiger partial charge is 0.335 e. The first-order valence-corrected chi connectivity index (χ1v) is 10.1. The molecular weight excluding hydrogens is 440 g/mol. The van der Waals surface area contributed by atoms with Gasteiger partial charge in [0.2, 0.25) is 0 Å². The number of carbonyl (C=O) groups is 1. The molecule has 0 fully saturated rings. The van der Waals surface area contributed by atoms with Crippen LogP contribution in [0.25, 0.3) is 44.5 Å². The van der Waals surface area contributed by atoms with Gasteiger partial charge in [-0.2, -0.15) is 0 Å². The zero-order valence-electron chi connectivity index (χ0n) is 17.7. The summed E-state index contributed by atoms with van der Waals surface area (Å²) in [7, 11) is 1.57. The summed E-state index contributed by atoms with van der Waals surface area (Å²) in [6.45, 7) is 0. The Hall–Kier alpha value is -4.99. The minimum atomic E-state index is -1.22. The number of hydrogen-bond acceptors (Lipinski definition) is 6. The molecule has 5 aromatic rings. The zero-order chi connectivity index (χ0) is 24.0. The fourth-order valence-corrected chi connectivity index (χ4v) is 3.91. The van der Waals surface area contributed by atoms with Gasteiger partial charge in [0.25, 0.3) is 5.56 Å². The second-order valence-electron chi connectivity index (χ2n) is 7.55. The molecule has 0 bridgehead atoms. The van der Waals surface area contributed by atoms with Crippen LogP contribution in [0.15, 0.2) is 65.5 Å². The minimum absolute atomic E-state index is 0.0753. The van der Waals surface area contributed by atoms with Gasteiger partial charge in [0.05, 0.1) is 39.5 Å². The van der Waals surface area contributed by atoms with Crippen LogP contribution in [-0.2, 0) is 0 Å². The van der Waals surface area contributed by atoms with Crippen molar-refractivity contribution in [3.05, 3.63) is 86.7 Å². The first-order valence-electron chi connectivity index (χ1n) is 10.1. The van der Waals surface area contributed by atoms with Gasteiger partial charge in [-0.05, 0) is 53.6 Å². The topological polar surface area (TPSA) is 151 Å². The lowest BCUT2D eigenvalue weighted by Crippen LogP contribution is -2.12. The number of nitrogens with zero attached hydrogens (tertiary/aromatic N) is 2. The molecule has 0 radical (unpaired) electrons. The standard InChI is InChI=1S/C24H16N4O6/c1-34-15-4-2-3-12(9-15)13-5-8-18-19(11-13)26-21(23(29)27-18)20-22(28(32)33)16-10-14(24(30)31)6-7-17(16)25-20/h2-11,25H,1H3,(H,27,29)(H,30,31). The predicted octanol–water partition coefficient (Wildman–Crippen LogP) is 4.35. The van der Waals surface area contributed by atoms with E-state index in [-0.39, 0.29) is 22.3 Å². The van der Waals surface area contributed by atoms with Crippen LogP contribution >= 0.6 is 0 Å². The van der Waals surface area contributed by atoms with E-state index in [0.717, 1.165) is 11.1 Å². The Bertz CT molecular complexity index is 1680. The summed E-state index contributed by atoms with van der Waals surface area (Å²) in [6, 6.07) is 16.7. The number of carboxylic acids is 1. The van der Waals surface area contributed by atoms with Crippen LogP contribution in [0.1, 0.15) is 10.4 Å². The van der Waals surface area contributed by atoms with Gasteiger partial charge >= 0.3 is 11.7 Å². The molecule has 10 heteroatoms. The molecule has 0 aliphatic heterocycles. The number of aromatic amines is 2. The number of fused-ring (bicyclic) bond motifs is 2. The van der Waals surface area contributed by atoms with E-state index in [9.17, 15) is 24.8 Å². The van der Waals surface area contributed by atoms with E-state index in [4.69, 9.17) is 4.74 Å². The summed E-state index contributed by atoms with van der Waals surface area (Å²) in [4.78, 5) is 45.4. The summed E-state index contributed by atoms with van der Waals surface area (Å²) >= 11 is 0. The van der Waals surface area contributed by atoms with Crippen molar-refractivity contribution in [2.75, 3.05) is 7.11 Å². The number of nitro groups is 1. The van der Waals surface area contributed by atoms with Crippen molar-refractivity contribution in [3.63, 3.8) is 0 Å². The number of hydrogen-bond donors (Lipinski definition) is 3. The molecule has 0 atom stereocenters. The Balaban J connectivity index is 1.72. The van der Waals surface area contributed by atoms with Crippen molar-refractivity contribution in [2.24, 2.45) is 0 Å². The van der Waals surface area contributed by atoms with E-state index in [2.05, 4.69) is 15.0 Å². The van der Waals surface area contributed by atoms with E-state index in [1.54, 1.807) is 19.2 Å². The summed E-state index contributed by atoms with van der Waals surface area (Å²) in [5, 5.41) is 21.2. The molecule has 0 aliphatic carbocycles. The van der Waals surface area contributed by atoms with Crippen molar-refractivity contribution in [1.82, 2.24) is 15.0 Å². The normalized spacial score (nSPS) is 11.1. The minimum Gasteiger partial charge on any atom is -0.497 e. The molecule has 0 aliphatic rings. The molecule has 168 valence electrons. The van der Waals surface area contributed by atoms with Crippen molar-refractivity contribution in [1.29, 1.82) is 0 Å². The Morgan fingerprint density at radius 3 is 2.53 bits per heavy atom. The van der Waals surface area contributed by atoms with Gasteiger partial charge < -0.3 is 19.8 Å². The fraction of sp³-hybridized carbons (Fsp3) is 0.0417. The van der Waals surface area contributed by atoms with E-state index in [1.165, 1.54) is 18.2 Å². The molecule has 34 heavy (non-hydrogen) atoms. The molecule has 2 aromatic heterocycles. The first-order chi connectivity index (χ1) is 16.4. The monoisotopic (exact) mass is 456 g/mol. The van der Waals surface area contributed by atoms with Crippen molar-refractivity contribution < 1.29 is 19.6 Å². The summed E-state index contributed by atoms with van der Waals surface area (Å²) in [5.74, 6) is -0.534. The number of ether oxygens (including phenoxy) is 1. The van der Waals surface area contributed by atoms with E-state index < -0.39 is 22.1 Å². The molecule has 5 rings (SSSR count). The Labute approximate surface area is 190 Å². The zero-order valence-corrected chi connectivity index (χ0v) is 17.7. The molecule has 0 saturated carbocycles. The highest BCUT2D eigenvalue weighted by atomic mass is 16.6. The molecule has 0 spiro atoms. The van der Waals surface area contributed by atoms with Crippen molar-refractivity contribution in [2.45, 2.75) is 0 Å². The number of carboxylic acid groups (broad SMARTS) is 1. The molecule has 2 heterocycles. The third kappa shape index (κ3) is 3.43. The second-order valence-corrected chi connectivity index (χ2v) is 7.55.